The molecule has 2 aromatic carbocycles. The summed E-state index contributed by atoms with van der Waals surface area (Å²) in [6, 6.07) is 15.8. The summed E-state index contributed by atoms with van der Waals surface area (Å²) < 4.78 is 5.88. The molecule has 2 aromatic rings. The van der Waals surface area contributed by atoms with E-state index in [4.69, 9.17) is 4.74 Å². The molecule has 1 aliphatic rings. The molecular formula is C17H18O3. The van der Waals surface area contributed by atoms with Gasteiger partial charge < -0.3 is 14.9 Å². The third kappa shape index (κ3) is 2.69. The Morgan fingerprint density at radius 3 is 2.45 bits per heavy atom. The first kappa shape index (κ1) is 13.2. The SMILES string of the molecule is O[C@H]1Cc2cccc(OCc3ccccc3)c2C[C@@H]1O. The Hall–Kier alpha value is -1.84. The molecule has 3 nitrogen and oxygen atoms in total. The van der Waals surface area contributed by atoms with Gasteiger partial charge in [-0.1, -0.05) is 42.5 Å². The van der Waals surface area contributed by atoms with Gasteiger partial charge in [-0.25, -0.2) is 0 Å². The van der Waals surface area contributed by atoms with Gasteiger partial charge in [-0.15, -0.1) is 0 Å². The summed E-state index contributed by atoms with van der Waals surface area (Å²) in [5.74, 6) is 0.803. The highest BCUT2D eigenvalue weighted by atomic mass is 16.5. The molecule has 0 aliphatic heterocycles. The van der Waals surface area contributed by atoms with Crippen LogP contribution in [0.3, 0.4) is 0 Å². The van der Waals surface area contributed by atoms with E-state index in [1.807, 2.05) is 48.5 Å². The average molecular weight is 270 g/mol. The molecular weight excluding hydrogens is 252 g/mol. The van der Waals surface area contributed by atoms with Gasteiger partial charge in [0, 0.05) is 18.4 Å². The second-order valence-corrected chi connectivity index (χ2v) is 5.21. The zero-order valence-electron chi connectivity index (χ0n) is 11.2. The predicted molar refractivity (Wildman–Crippen MR) is 76.6 cm³/mol. The van der Waals surface area contributed by atoms with Crippen molar-refractivity contribution in [2.75, 3.05) is 0 Å². The molecule has 0 spiro atoms. The smallest absolute Gasteiger partial charge is 0.123 e. The minimum absolute atomic E-state index is 0.446. The minimum atomic E-state index is -0.705. The maximum Gasteiger partial charge on any atom is 0.123 e. The normalized spacial score (nSPS) is 21.3. The number of hydrogen-bond acceptors (Lipinski definition) is 3. The minimum Gasteiger partial charge on any atom is -0.489 e. The number of rotatable bonds is 3. The van der Waals surface area contributed by atoms with Crippen molar-refractivity contribution in [1.82, 2.24) is 0 Å². The van der Waals surface area contributed by atoms with Gasteiger partial charge in [-0.2, -0.15) is 0 Å². The van der Waals surface area contributed by atoms with Crippen LogP contribution in [0.5, 0.6) is 5.75 Å². The Labute approximate surface area is 118 Å². The van der Waals surface area contributed by atoms with Crippen LogP contribution in [-0.2, 0) is 19.4 Å². The predicted octanol–water partition coefficient (Wildman–Crippen LogP) is 2.09. The van der Waals surface area contributed by atoms with Crippen LogP contribution in [0.2, 0.25) is 0 Å². The highest BCUT2D eigenvalue weighted by Gasteiger charge is 2.27. The molecule has 104 valence electrons. The standard InChI is InChI=1S/C17H18O3/c18-15-9-13-7-4-8-17(14(13)10-16(15)19)20-11-12-5-2-1-3-6-12/h1-8,15-16,18-19H,9-11H2/t15-,16-/m0/s1. The fourth-order valence-corrected chi connectivity index (χ4v) is 2.61. The second-order valence-electron chi connectivity index (χ2n) is 5.21. The molecule has 1 aliphatic carbocycles. The van der Waals surface area contributed by atoms with E-state index < -0.39 is 12.2 Å². The quantitative estimate of drug-likeness (QED) is 0.898. The first-order chi connectivity index (χ1) is 9.74. The highest BCUT2D eigenvalue weighted by molar-refractivity contribution is 5.43. The third-order valence-electron chi connectivity index (χ3n) is 3.75. The van der Waals surface area contributed by atoms with E-state index in [2.05, 4.69) is 0 Å². The van der Waals surface area contributed by atoms with Crippen LogP contribution in [0.15, 0.2) is 48.5 Å². The number of aliphatic hydroxyl groups is 2. The fourth-order valence-electron chi connectivity index (χ4n) is 2.61. The summed E-state index contributed by atoms with van der Waals surface area (Å²) in [4.78, 5) is 0. The fraction of sp³-hybridized carbons (Fsp3) is 0.294. The Kier molecular flexibility index (Phi) is 3.72. The van der Waals surface area contributed by atoms with E-state index in [9.17, 15) is 10.2 Å². The summed E-state index contributed by atoms with van der Waals surface area (Å²) in [5, 5.41) is 19.6. The maximum absolute atomic E-state index is 9.83. The average Bonchev–Trinajstić information content (AvgIpc) is 2.47. The summed E-state index contributed by atoms with van der Waals surface area (Å²) in [5.41, 5.74) is 3.19. The molecule has 0 radical (unpaired) electrons. The molecule has 0 amide bonds. The Balaban J connectivity index is 1.79. The van der Waals surface area contributed by atoms with Crippen molar-refractivity contribution < 1.29 is 14.9 Å². The van der Waals surface area contributed by atoms with E-state index in [0.29, 0.717) is 19.4 Å². The molecule has 0 saturated carbocycles. The van der Waals surface area contributed by atoms with E-state index >= 15 is 0 Å². The molecule has 2 N–H and O–H groups in total. The van der Waals surface area contributed by atoms with Crippen molar-refractivity contribution in [2.45, 2.75) is 31.7 Å². The number of hydrogen-bond donors (Lipinski definition) is 2. The number of aliphatic hydroxyl groups excluding tert-OH is 2. The van der Waals surface area contributed by atoms with Gasteiger partial charge in [0.1, 0.15) is 12.4 Å². The molecule has 0 bridgehead atoms. The van der Waals surface area contributed by atoms with Crippen molar-refractivity contribution in [2.24, 2.45) is 0 Å². The lowest BCUT2D eigenvalue weighted by Gasteiger charge is -2.27. The largest absolute Gasteiger partial charge is 0.489 e. The molecule has 0 heterocycles. The lowest BCUT2D eigenvalue weighted by Crippen LogP contribution is -2.34. The van der Waals surface area contributed by atoms with Crippen molar-refractivity contribution in [3.8, 4) is 5.75 Å². The van der Waals surface area contributed by atoms with Crippen molar-refractivity contribution in [1.29, 1.82) is 0 Å². The molecule has 0 fully saturated rings. The lowest BCUT2D eigenvalue weighted by molar-refractivity contribution is 0.0135. The summed E-state index contributed by atoms with van der Waals surface area (Å²) in [7, 11) is 0. The first-order valence-electron chi connectivity index (χ1n) is 6.87. The van der Waals surface area contributed by atoms with Gasteiger partial charge >= 0.3 is 0 Å². The zero-order chi connectivity index (χ0) is 13.9. The molecule has 2 atom stereocenters. The second kappa shape index (κ2) is 5.65. The number of benzene rings is 2. The van der Waals surface area contributed by atoms with Gasteiger partial charge in [0.05, 0.1) is 12.2 Å². The monoisotopic (exact) mass is 270 g/mol. The summed E-state index contributed by atoms with van der Waals surface area (Å²) in [6.45, 7) is 0.510. The molecule has 0 unspecified atom stereocenters. The van der Waals surface area contributed by atoms with Crippen molar-refractivity contribution >= 4 is 0 Å². The van der Waals surface area contributed by atoms with Crippen LogP contribution in [0.1, 0.15) is 16.7 Å². The van der Waals surface area contributed by atoms with Crippen LogP contribution >= 0.6 is 0 Å². The third-order valence-corrected chi connectivity index (χ3v) is 3.75. The molecule has 20 heavy (non-hydrogen) atoms. The van der Waals surface area contributed by atoms with E-state index in [-0.39, 0.29) is 0 Å². The van der Waals surface area contributed by atoms with Gasteiger partial charge in [0.25, 0.3) is 0 Å². The van der Waals surface area contributed by atoms with Gasteiger partial charge in [0.2, 0.25) is 0 Å². The van der Waals surface area contributed by atoms with Crippen molar-refractivity contribution in [3.63, 3.8) is 0 Å². The Bertz CT molecular complexity index is 580. The molecule has 3 rings (SSSR count). The first-order valence-corrected chi connectivity index (χ1v) is 6.87. The number of ether oxygens (including phenoxy) is 1. The van der Waals surface area contributed by atoms with Gasteiger partial charge in [0.15, 0.2) is 0 Å². The van der Waals surface area contributed by atoms with Crippen molar-refractivity contribution in [3.05, 3.63) is 65.2 Å². The van der Waals surface area contributed by atoms with E-state index in [1.165, 1.54) is 0 Å². The highest BCUT2D eigenvalue weighted by Crippen LogP contribution is 2.30. The van der Waals surface area contributed by atoms with Gasteiger partial charge in [-0.05, 0) is 17.2 Å². The Morgan fingerprint density at radius 1 is 0.900 bits per heavy atom. The van der Waals surface area contributed by atoms with E-state index in [1.54, 1.807) is 0 Å². The van der Waals surface area contributed by atoms with Crippen LogP contribution in [0, 0.1) is 0 Å². The molecule has 0 aromatic heterocycles. The van der Waals surface area contributed by atoms with Crippen LogP contribution in [-0.4, -0.2) is 22.4 Å². The summed E-state index contributed by atoms with van der Waals surface area (Å²) in [6.07, 6.45) is -0.448. The van der Waals surface area contributed by atoms with Crippen LogP contribution in [0.4, 0.5) is 0 Å². The Morgan fingerprint density at radius 2 is 1.65 bits per heavy atom. The van der Waals surface area contributed by atoms with E-state index in [0.717, 1.165) is 22.4 Å². The van der Waals surface area contributed by atoms with Crippen LogP contribution in [0.25, 0.3) is 0 Å². The number of fused-ring (bicyclic) bond motifs is 1. The molecule has 0 saturated heterocycles. The molecule has 3 heteroatoms. The lowest BCUT2D eigenvalue weighted by atomic mass is 9.87. The maximum atomic E-state index is 9.83. The van der Waals surface area contributed by atoms with Crippen LogP contribution < -0.4 is 4.74 Å². The zero-order valence-corrected chi connectivity index (χ0v) is 11.2. The van der Waals surface area contributed by atoms with Gasteiger partial charge in [-0.3, -0.25) is 0 Å². The topological polar surface area (TPSA) is 49.7 Å². The summed E-state index contributed by atoms with van der Waals surface area (Å²) >= 11 is 0.